The van der Waals surface area contributed by atoms with Crippen molar-refractivity contribution >= 4 is 23.7 Å². The van der Waals surface area contributed by atoms with Gasteiger partial charge in [0.25, 0.3) is 5.79 Å². The van der Waals surface area contributed by atoms with Crippen LogP contribution in [0.2, 0.25) is 0 Å². The highest BCUT2D eigenvalue weighted by molar-refractivity contribution is 5.77. The van der Waals surface area contributed by atoms with Crippen molar-refractivity contribution in [3.05, 3.63) is 0 Å². The summed E-state index contributed by atoms with van der Waals surface area (Å²) in [4.78, 5) is 49.9. The lowest BCUT2D eigenvalue weighted by molar-refractivity contribution is -0.387. The van der Waals surface area contributed by atoms with E-state index in [0.717, 1.165) is 20.8 Å². The van der Waals surface area contributed by atoms with Gasteiger partial charge in [0.2, 0.25) is 17.7 Å². The summed E-state index contributed by atoms with van der Waals surface area (Å²) >= 11 is 0. The van der Waals surface area contributed by atoms with Crippen LogP contribution in [-0.4, -0.2) is 350 Å². The first-order chi connectivity index (χ1) is 38.6. The van der Waals surface area contributed by atoms with E-state index in [1.54, 1.807) is 0 Å². The van der Waals surface area contributed by atoms with Crippen LogP contribution in [0.1, 0.15) is 27.2 Å². The fourth-order valence-electron chi connectivity index (χ4n) is 10.3. The topological polar surface area (TPSA) is 590 Å². The largest absolute Gasteiger partial charge is 0.477 e. The van der Waals surface area contributed by atoms with Crippen molar-refractivity contribution in [2.45, 2.75) is 217 Å². The molecule has 1 unspecified atom stereocenters. The minimum absolute atomic E-state index is 0.800. The molecule has 6 heterocycles. The number of carboxylic acid groups (broad SMARTS) is 1. The Balaban J connectivity index is 1.24. The standard InChI is InChI=1S/C45H75N3O34/c1-11(54)46-21-14(57)4-45(44(70)71,82-36(21)24(59)15(58)5-49)72-10-20-29(64)34(22(39(69)73-20)47-12(2)55)78-42-33(68)38(28(63)19(9-53)76-42)81-43-32(67)37(27(62)18(8-52)77-43)80-40-23(48-13(3)56)35(26(61)17(7-51)74-40)79-41-31(66)30(65)25(60)16(6-50)75-41/h14-43,49-53,57-69H,4-10H2,1-3H3,(H,46,54)(H,47,55)(H,48,56)(H,70,71)/t14-,15+,16+,17+,18+,19+,20+,21+,22+,23+,24+,25-,26-,27-,28-,29-,30-,31+,32+,33+,34+,35+,36+,37-,38-,39?,40+,41+,42-,43-,45+/m0/s1. The Labute approximate surface area is 463 Å². The molecule has 6 rings (SSSR count). The van der Waals surface area contributed by atoms with Crippen molar-refractivity contribution in [1.29, 1.82) is 0 Å². The molecular weight excluding hydrogens is 1130 g/mol. The molecule has 6 saturated heterocycles. The molecule has 474 valence electrons. The minimum Gasteiger partial charge on any atom is -0.477 e. The van der Waals surface area contributed by atoms with Crippen LogP contribution in [0.5, 0.6) is 0 Å². The molecule has 37 heteroatoms. The van der Waals surface area contributed by atoms with Crippen LogP contribution in [0, 0.1) is 0 Å². The number of hydrogen-bond acceptors (Lipinski definition) is 33. The number of carbonyl (C=O) groups excluding carboxylic acids is 3. The van der Waals surface area contributed by atoms with Crippen LogP contribution >= 0.6 is 0 Å². The van der Waals surface area contributed by atoms with Gasteiger partial charge in [-0.1, -0.05) is 0 Å². The number of amides is 3. The Morgan fingerprint density at radius 2 is 0.878 bits per heavy atom. The molecule has 0 aromatic carbocycles. The number of hydrogen-bond donors (Lipinski definition) is 22. The van der Waals surface area contributed by atoms with Gasteiger partial charge in [0.15, 0.2) is 31.5 Å². The molecule has 0 saturated carbocycles. The zero-order valence-electron chi connectivity index (χ0n) is 43.9. The average Bonchev–Trinajstić information content (AvgIpc) is 3.42. The van der Waals surface area contributed by atoms with Gasteiger partial charge >= 0.3 is 5.97 Å². The molecule has 31 atom stereocenters. The number of rotatable bonds is 22. The number of ether oxygens (including phenoxy) is 11. The molecule has 82 heavy (non-hydrogen) atoms. The molecule has 0 aromatic rings. The molecule has 6 aliphatic heterocycles. The molecule has 6 fully saturated rings. The van der Waals surface area contributed by atoms with Crippen LogP contribution in [0.25, 0.3) is 0 Å². The smallest absolute Gasteiger partial charge is 0.364 e. The Kier molecular flexibility index (Phi) is 23.9. The van der Waals surface area contributed by atoms with Crippen molar-refractivity contribution in [3.63, 3.8) is 0 Å². The van der Waals surface area contributed by atoms with E-state index in [2.05, 4.69) is 16.0 Å². The molecule has 22 N–H and O–H groups in total. The lowest BCUT2D eigenvalue weighted by atomic mass is 9.88. The fourth-order valence-corrected chi connectivity index (χ4v) is 10.3. The first-order valence-electron chi connectivity index (χ1n) is 25.7. The van der Waals surface area contributed by atoms with Gasteiger partial charge in [0, 0.05) is 27.2 Å². The van der Waals surface area contributed by atoms with E-state index in [4.69, 9.17) is 52.1 Å². The lowest BCUT2D eigenvalue weighted by Crippen LogP contribution is -2.70. The normalized spacial score (nSPS) is 46.3. The number of aliphatic carboxylic acids is 1. The van der Waals surface area contributed by atoms with Gasteiger partial charge in [-0.25, -0.2) is 4.79 Å². The number of carboxylic acids is 1. The van der Waals surface area contributed by atoms with Gasteiger partial charge in [-0.3, -0.25) is 14.4 Å². The predicted molar refractivity (Wildman–Crippen MR) is 251 cm³/mol. The molecule has 0 aliphatic carbocycles. The van der Waals surface area contributed by atoms with Gasteiger partial charge in [0.1, 0.15) is 140 Å². The number of aliphatic hydroxyl groups is 18. The predicted octanol–water partition coefficient (Wildman–Crippen LogP) is -14.5. The van der Waals surface area contributed by atoms with E-state index < -0.39 is 259 Å². The van der Waals surface area contributed by atoms with Crippen molar-refractivity contribution in [1.82, 2.24) is 16.0 Å². The van der Waals surface area contributed by atoms with E-state index in [9.17, 15) is 116 Å². The highest BCUT2D eigenvalue weighted by Gasteiger charge is 2.60. The third kappa shape index (κ3) is 14.7. The van der Waals surface area contributed by atoms with Crippen molar-refractivity contribution < 1.29 is 168 Å². The number of nitrogens with one attached hydrogen (secondary N) is 3. The molecule has 0 spiro atoms. The van der Waals surface area contributed by atoms with Crippen LogP contribution in [0.4, 0.5) is 0 Å². The Bertz CT molecular complexity index is 2090. The molecule has 37 nitrogen and oxygen atoms in total. The van der Waals surface area contributed by atoms with Gasteiger partial charge in [0.05, 0.1) is 51.8 Å². The van der Waals surface area contributed by atoms with Crippen molar-refractivity contribution in [2.75, 3.05) is 39.6 Å². The van der Waals surface area contributed by atoms with Gasteiger partial charge < -0.3 is 165 Å². The Morgan fingerprint density at radius 3 is 1.34 bits per heavy atom. The van der Waals surface area contributed by atoms with E-state index in [1.165, 1.54) is 0 Å². The second-order valence-electron chi connectivity index (χ2n) is 20.4. The number of carbonyl (C=O) groups is 4. The summed E-state index contributed by atoms with van der Waals surface area (Å²) in [7, 11) is 0. The lowest BCUT2D eigenvalue weighted by Gasteiger charge is -2.50. The van der Waals surface area contributed by atoms with Gasteiger partial charge in [-0.2, -0.15) is 0 Å². The van der Waals surface area contributed by atoms with Crippen LogP contribution in [0.15, 0.2) is 0 Å². The molecule has 0 aromatic heterocycles. The number of aliphatic hydroxyl groups excluding tert-OH is 18. The molecule has 0 radical (unpaired) electrons. The average molecular weight is 1200 g/mol. The summed E-state index contributed by atoms with van der Waals surface area (Å²) in [5.74, 6) is -7.56. The van der Waals surface area contributed by atoms with E-state index in [1.807, 2.05) is 0 Å². The maximum atomic E-state index is 12.9. The quantitative estimate of drug-likeness (QED) is 0.0479. The maximum absolute atomic E-state index is 12.9. The first-order valence-corrected chi connectivity index (χ1v) is 25.7. The van der Waals surface area contributed by atoms with Gasteiger partial charge in [-0.15, -0.1) is 0 Å². The zero-order chi connectivity index (χ0) is 61.0. The van der Waals surface area contributed by atoms with Crippen LogP contribution in [0.3, 0.4) is 0 Å². The zero-order valence-corrected chi connectivity index (χ0v) is 43.9. The Hall–Kier alpha value is -3.28. The molecule has 3 amide bonds. The highest BCUT2D eigenvalue weighted by atomic mass is 16.8. The SMILES string of the molecule is CC(=O)N[C@H]1[C@@H](O[C@H]2[C@@H](O)[C@@H](CO)O[C@@H](O[C@H]3[C@@H](O)[C@@H](CO)O[C@@H](O[C@H]4[C@@H](O)[C@@H](CO[C@]5(C(=O)O)C[C@H](O)[C@@H](NC(C)=O)[C@H]([C@H](O)[C@H](O)CO)O5)OC(O)[C@@H]4NC(C)=O)[C@@H]3O)[C@@H]2O)O[C@H](CO)[C@H](O)[C@@H]1O[C@H]1O[C@H](CO)[C@H](O)[C@H](O)[C@H]1O. The summed E-state index contributed by atoms with van der Waals surface area (Å²) in [5, 5.41) is 212. The van der Waals surface area contributed by atoms with Crippen molar-refractivity contribution in [2.24, 2.45) is 0 Å². The van der Waals surface area contributed by atoms with E-state index in [-0.39, 0.29) is 0 Å². The summed E-state index contributed by atoms with van der Waals surface area (Å²) in [6.07, 6.45) is -55.8. The minimum atomic E-state index is -3.01. The van der Waals surface area contributed by atoms with E-state index in [0.29, 0.717) is 0 Å². The fraction of sp³-hybridized carbons (Fsp3) is 0.911. The molecule has 0 bridgehead atoms. The van der Waals surface area contributed by atoms with Gasteiger partial charge in [-0.05, 0) is 0 Å². The summed E-state index contributed by atoms with van der Waals surface area (Å²) in [6.45, 7) is -3.43. The second-order valence-corrected chi connectivity index (χ2v) is 20.4. The van der Waals surface area contributed by atoms with Crippen LogP contribution in [-0.2, 0) is 71.3 Å². The monoisotopic (exact) mass is 1200 g/mol. The van der Waals surface area contributed by atoms with Crippen LogP contribution < -0.4 is 16.0 Å². The summed E-state index contributed by atoms with van der Waals surface area (Å²) in [5.41, 5.74) is 0. The molecule has 6 aliphatic rings. The maximum Gasteiger partial charge on any atom is 0.364 e. The Morgan fingerprint density at radius 1 is 0.488 bits per heavy atom. The third-order valence-corrected chi connectivity index (χ3v) is 14.6. The molecular formula is C45H75N3O34. The van der Waals surface area contributed by atoms with Crippen molar-refractivity contribution in [3.8, 4) is 0 Å². The second kappa shape index (κ2) is 28.9. The third-order valence-electron chi connectivity index (χ3n) is 14.6. The summed E-state index contributed by atoms with van der Waals surface area (Å²) in [6, 6.07) is -5.22. The van der Waals surface area contributed by atoms with E-state index >= 15 is 0 Å². The highest BCUT2D eigenvalue weighted by Crippen LogP contribution is 2.38. The summed E-state index contributed by atoms with van der Waals surface area (Å²) < 4.78 is 62.6. The first kappa shape index (κ1) is 67.8.